The van der Waals surface area contributed by atoms with Gasteiger partial charge in [-0.3, -0.25) is 9.59 Å². The van der Waals surface area contributed by atoms with Gasteiger partial charge in [-0.1, -0.05) is 60.7 Å². The summed E-state index contributed by atoms with van der Waals surface area (Å²) in [4.78, 5) is 24.9. The van der Waals surface area contributed by atoms with Crippen LogP contribution in [0.2, 0.25) is 0 Å². The van der Waals surface area contributed by atoms with Crippen LogP contribution in [0.4, 0.5) is 4.39 Å². The Kier molecular flexibility index (Phi) is 10.9. The zero-order valence-corrected chi connectivity index (χ0v) is 20.7. The second-order valence-corrected chi connectivity index (χ2v) is 8.77. The summed E-state index contributed by atoms with van der Waals surface area (Å²) in [5.41, 5.74) is 2.84. The van der Waals surface area contributed by atoms with Crippen LogP contribution in [0.3, 0.4) is 0 Å². The number of halogens is 1. The highest BCUT2D eigenvalue weighted by Crippen LogP contribution is 2.19. The van der Waals surface area contributed by atoms with Gasteiger partial charge in [0.1, 0.15) is 18.2 Å². The zero-order valence-electron chi connectivity index (χ0n) is 20.7. The first-order valence-electron chi connectivity index (χ1n) is 12.2. The van der Waals surface area contributed by atoms with E-state index in [1.54, 1.807) is 4.90 Å². The lowest BCUT2D eigenvalue weighted by molar-refractivity contribution is -0.120. The van der Waals surface area contributed by atoms with E-state index in [9.17, 15) is 14.0 Å². The fraction of sp³-hybridized carbons (Fsp3) is 0.310. The van der Waals surface area contributed by atoms with Crippen LogP contribution in [0.25, 0.3) is 0 Å². The molecule has 0 aliphatic heterocycles. The number of hydrogen-bond acceptors (Lipinski definition) is 4. The van der Waals surface area contributed by atoms with E-state index in [0.29, 0.717) is 51.4 Å². The SMILES string of the molecule is CC(=O)N[C@H](CCNCCN(C=O)Cc1ccccc1)Cc1cc(F)cc(OCc2ccccc2)c1. The van der Waals surface area contributed by atoms with Crippen LogP contribution in [-0.2, 0) is 29.2 Å². The molecule has 7 heteroatoms. The summed E-state index contributed by atoms with van der Waals surface area (Å²) in [6.45, 7) is 4.26. The maximum Gasteiger partial charge on any atom is 0.217 e. The molecule has 3 aromatic rings. The van der Waals surface area contributed by atoms with Crippen molar-refractivity contribution >= 4 is 12.3 Å². The molecule has 3 aromatic carbocycles. The number of amides is 2. The fourth-order valence-corrected chi connectivity index (χ4v) is 3.97. The lowest BCUT2D eigenvalue weighted by Gasteiger charge is -2.20. The van der Waals surface area contributed by atoms with Crippen LogP contribution in [0.15, 0.2) is 78.9 Å². The molecule has 190 valence electrons. The highest BCUT2D eigenvalue weighted by Gasteiger charge is 2.13. The van der Waals surface area contributed by atoms with E-state index in [1.807, 2.05) is 66.7 Å². The number of nitrogens with one attached hydrogen (secondary N) is 2. The van der Waals surface area contributed by atoms with E-state index in [1.165, 1.54) is 19.1 Å². The quantitative estimate of drug-likeness (QED) is 0.248. The molecule has 0 saturated heterocycles. The van der Waals surface area contributed by atoms with Crippen molar-refractivity contribution < 1.29 is 18.7 Å². The minimum Gasteiger partial charge on any atom is -0.489 e. The van der Waals surface area contributed by atoms with E-state index in [2.05, 4.69) is 10.6 Å². The molecule has 0 bridgehead atoms. The summed E-state index contributed by atoms with van der Waals surface area (Å²) in [5, 5.41) is 6.30. The van der Waals surface area contributed by atoms with Crippen molar-refractivity contribution in [2.45, 2.75) is 39.0 Å². The standard InChI is InChI=1S/C29H34FN3O3/c1-23(35)32-28(12-13-31-14-15-33(22-34)20-24-8-4-2-5-9-24)17-26-16-27(30)19-29(18-26)36-21-25-10-6-3-7-11-25/h2-11,16,18-19,22,28,31H,12-15,17,20-21H2,1H3,(H,32,35)/t28-/m1/s1. The second-order valence-electron chi connectivity index (χ2n) is 8.77. The molecule has 3 rings (SSSR count). The van der Waals surface area contributed by atoms with Crippen molar-refractivity contribution in [2.24, 2.45) is 0 Å². The Bertz CT molecular complexity index is 1080. The largest absolute Gasteiger partial charge is 0.489 e. The van der Waals surface area contributed by atoms with Crippen molar-refractivity contribution in [3.05, 3.63) is 101 Å². The summed E-state index contributed by atoms with van der Waals surface area (Å²) < 4.78 is 20.1. The molecule has 2 amide bonds. The topological polar surface area (TPSA) is 70.7 Å². The lowest BCUT2D eigenvalue weighted by Crippen LogP contribution is -2.38. The average molecular weight is 492 g/mol. The average Bonchev–Trinajstić information content (AvgIpc) is 2.87. The Morgan fingerprint density at radius 2 is 1.67 bits per heavy atom. The molecular weight excluding hydrogens is 457 g/mol. The molecule has 0 unspecified atom stereocenters. The molecule has 0 heterocycles. The normalized spacial score (nSPS) is 11.5. The van der Waals surface area contributed by atoms with Gasteiger partial charge < -0.3 is 20.3 Å². The van der Waals surface area contributed by atoms with Crippen molar-refractivity contribution in [1.29, 1.82) is 0 Å². The predicted octanol–water partition coefficient (Wildman–Crippen LogP) is 4.09. The number of carbonyl (C=O) groups is 2. The molecule has 0 aliphatic rings. The first-order valence-corrected chi connectivity index (χ1v) is 12.2. The Morgan fingerprint density at radius 1 is 0.972 bits per heavy atom. The van der Waals surface area contributed by atoms with Crippen LogP contribution in [0.5, 0.6) is 5.75 Å². The highest BCUT2D eigenvalue weighted by molar-refractivity contribution is 5.73. The van der Waals surface area contributed by atoms with Gasteiger partial charge in [-0.15, -0.1) is 0 Å². The molecule has 0 aromatic heterocycles. The minimum absolute atomic E-state index is 0.132. The van der Waals surface area contributed by atoms with Crippen LogP contribution in [-0.4, -0.2) is 42.9 Å². The minimum atomic E-state index is -0.373. The van der Waals surface area contributed by atoms with Gasteiger partial charge in [0, 0.05) is 38.7 Å². The summed E-state index contributed by atoms with van der Waals surface area (Å²) in [7, 11) is 0. The number of benzene rings is 3. The van der Waals surface area contributed by atoms with Gasteiger partial charge in [-0.05, 0) is 48.2 Å². The zero-order chi connectivity index (χ0) is 25.6. The Morgan fingerprint density at radius 3 is 2.33 bits per heavy atom. The van der Waals surface area contributed by atoms with E-state index < -0.39 is 0 Å². The molecule has 0 saturated carbocycles. The number of rotatable bonds is 15. The van der Waals surface area contributed by atoms with Gasteiger partial charge in [0.15, 0.2) is 0 Å². The molecule has 0 aliphatic carbocycles. The highest BCUT2D eigenvalue weighted by atomic mass is 19.1. The molecule has 36 heavy (non-hydrogen) atoms. The summed E-state index contributed by atoms with van der Waals surface area (Å²) >= 11 is 0. The number of hydrogen-bond donors (Lipinski definition) is 2. The van der Waals surface area contributed by atoms with E-state index >= 15 is 0 Å². The van der Waals surface area contributed by atoms with Gasteiger partial charge in [0.25, 0.3) is 0 Å². The second kappa shape index (κ2) is 14.6. The van der Waals surface area contributed by atoms with E-state index in [4.69, 9.17) is 4.74 Å². The maximum atomic E-state index is 14.3. The molecule has 1 atom stereocenters. The molecule has 2 N–H and O–H groups in total. The molecular formula is C29H34FN3O3. The Balaban J connectivity index is 1.48. The summed E-state index contributed by atoms with van der Waals surface area (Å²) in [6, 6.07) is 24.1. The Hall–Kier alpha value is -3.71. The van der Waals surface area contributed by atoms with Crippen molar-refractivity contribution in [3.8, 4) is 5.75 Å². The van der Waals surface area contributed by atoms with Crippen molar-refractivity contribution in [2.75, 3.05) is 19.6 Å². The summed E-state index contributed by atoms with van der Waals surface area (Å²) in [6.07, 6.45) is 2.00. The van der Waals surface area contributed by atoms with E-state index in [-0.39, 0.29) is 17.8 Å². The smallest absolute Gasteiger partial charge is 0.217 e. The number of nitrogens with zero attached hydrogens (tertiary/aromatic N) is 1. The van der Waals surface area contributed by atoms with Crippen LogP contribution >= 0.6 is 0 Å². The number of carbonyl (C=O) groups excluding carboxylic acids is 2. The first kappa shape index (κ1) is 26.9. The molecule has 0 fully saturated rings. The fourth-order valence-electron chi connectivity index (χ4n) is 3.97. The van der Waals surface area contributed by atoms with Gasteiger partial charge in [-0.2, -0.15) is 0 Å². The third-order valence-corrected chi connectivity index (χ3v) is 5.69. The molecule has 6 nitrogen and oxygen atoms in total. The van der Waals surface area contributed by atoms with Crippen molar-refractivity contribution in [3.63, 3.8) is 0 Å². The van der Waals surface area contributed by atoms with Gasteiger partial charge in [0.05, 0.1) is 0 Å². The van der Waals surface area contributed by atoms with Crippen LogP contribution < -0.4 is 15.4 Å². The van der Waals surface area contributed by atoms with Gasteiger partial charge in [-0.25, -0.2) is 4.39 Å². The lowest BCUT2D eigenvalue weighted by atomic mass is 10.0. The molecule has 0 spiro atoms. The van der Waals surface area contributed by atoms with Crippen LogP contribution in [0, 0.1) is 5.82 Å². The number of ether oxygens (including phenoxy) is 1. The van der Waals surface area contributed by atoms with Gasteiger partial charge in [0.2, 0.25) is 12.3 Å². The molecule has 0 radical (unpaired) electrons. The van der Waals surface area contributed by atoms with Crippen LogP contribution in [0.1, 0.15) is 30.0 Å². The van der Waals surface area contributed by atoms with E-state index in [0.717, 1.165) is 23.1 Å². The van der Waals surface area contributed by atoms with Crippen molar-refractivity contribution in [1.82, 2.24) is 15.5 Å². The Labute approximate surface area is 212 Å². The van der Waals surface area contributed by atoms with Gasteiger partial charge >= 0.3 is 0 Å². The third-order valence-electron chi connectivity index (χ3n) is 5.69. The maximum absolute atomic E-state index is 14.3. The predicted molar refractivity (Wildman–Crippen MR) is 139 cm³/mol. The third kappa shape index (κ3) is 9.88. The first-order chi connectivity index (χ1) is 17.5. The monoisotopic (exact) mass is 491 g/mol. The summed E-state index contributed by atoms with van der Waals surface area (Å²) in [5.74, 6) is -0.0458.